The van der Waals surface area contributed by atoms with Crippen LogP contribution in [0, 0.1) is 0 Å². The van der Waals surface area contributed by atoms with Crippen molar-refractivity contribution >= 4 is 5.97 Å². The predicted molar refractivity (Wildman–Crippen MR) is 67.1 cm³/mol. The number of phenolic OH excluding ortho intramolecular Hbond substituents is 1. The maximum atomic E-state index is 10.9. The third kappa shape index (κ3) is 2.27. The SMILES string of the molecule is COc1ccccc1-c1cc(O)cc(C(=O)O)c1. The molecule has 92 valence electrons. The van der Waals surface area contributed by atoms with Crippen LogP contribution in [0.15, 0.2) is 42.5 Å². The molecule has 0 unspecified atom stereocenters. The fourth-order valence-corrected chi connectivity index (χ4v) is 1.77. The number of hydrogen-bond donors (Lipinski definition) is 2. The molecule has 0 atom stereocenters. The average Bonchev–Trinajstić information content (AvgIpc) is 2.38. The number of phenols is 1. The molecule has 0 heterocycles. The number of aromatic hydroxyl groups is 1. The smallest absolute Gasteiger partial charge is 0.335 e. The first kappa shape index (κ1) is 12.0. The first-order chi connectivity index (χ1) is 8.61. The van der Waals surface area contributed by atoms with Crippen LogP contribution in [0.4, 0.5) is 0 Å². The quantitative estimate of drug-likeness (QED) is 0.871. The molecule has 0 saturated heterocycles. The molecule has 0 spiro atoms. The van der Waals surface area contributed by atoms with E-state index in [1.54, 1.807) is 19.2 Å². The zero-order valence-electron chi connectivity index (χ0n) is 9.75. The van der Waals surface area contributed by atoms with Gasteiger partial charge in [0.15, 0.2) is 0 Å². The van der Waals surface area contributed by atoms with Crippen LogP contribution in [-0.4, -0.2) is 23.3 Å². The van der Waals surface area contributed by atoms with Gasteiger partial charge in [-0.15, -0.1) is 0 Å². The molecule has 4 nitrogen and oxygen atoms in total. The monoisotopic (exact) mass is 244 g/mol. The summed E-state index contributed by atoms with van der Waals surface area (Å²) in [5.41, 5.74) is 1.37. The molecule has 0 aliphatic heterocycles. The van der Waals surface area contributed by atoms with E-state index in [1.165, 1.54) is 18.2 Å². The van der Waals surface area contributed by atoms with E-state index < -0.39 is 5.97 Å². The summed E-state index contributed by atoms with van der Waals surface area (Å²) in [5, 5.41) is 18.5. The van der Waals surface area contributed by atoms with Crippen LogP contribution in [-0.2, 0) is 0 Å². The van der Waals surface area contributed by atoms with E-state index in [1.807, 2.05) is 12.1 Å². The van der Waals surface area contributed by atoms with Gasteiger partial charge in [0.2, 0.25) is 0 Å². The van der Waals surface area contributed by atoms with Gasteiger partial charge in [-0.2, -0.15) is 0 Å². The fraction of sp³-hybridized carbons (Fsp3) is 0.0714. The van der Waals surface area contributed by atoms with Gasteiger partial charge in [-0.05, 0) is 29.8 Å². The van der Waals surface area contributed by atoms with Crippen LogP contribution in [0.25, 0.3) is 11.1 Å². The lowest BCUT2D eigenvalue weighted by atomic mass is 10.0. The summed E-state index contributed by atoms with van der Waals surface area (Å²) in [5.74, 6) is -0.544. The molecule has 2 aromatic rings. The molecule has 0 amide bonds. The fourth-order valence-electron chi connectivity index (χ4n) is 1.77. The van der Waals surface area contributed by atoms with Crippen LogP contribution < -0.4 is 4.74 Å². The number of aromatic carboxylic acids is 1. The first-order valence-corrected chi connectivity index (χ1v) is 5.32. The third-order valence-electron chi connectivity index (χ3n) is 2.58. The molecule has 2 N–H and O–H groups in total. The Morgan fingerprint density at radius 3 is 2.56 bits per heavy atom. The Kier molecular flexibility index (Phi) is 3.19. The zero-order valence-corrected chi connectivity index (χ0v) is 9.75. The number of para-hydroxylation sites is 1. The van der Waals surface area contributed by atoms with Crippen molar-refractivity contribution in [3.8, 4) is 22.6 Å². The van der Waals surface area contributed by atoms with Gasteiger partial charge in [0.25, 0.3) is 0 Å². The molecule has 0 aromatic heterocycles. The number of ether oxygens (including phenoxy) is 1. The van der Waals surface area contributed by atoms with Crippen molar-refractivity contribution in [3.05, 3.63) is 48.0 Å². The van der Waals surface area contributed by atoms with Crippen molar-refractivity contribution < 1.29 is 19.7 Å². The van der Waals surface area contributed by atoms with E-state index >= 15 is 0 Å². The number of benzene rings is 2. The molecule has 0 aliphatic carbocycles. The molecule has 0 bridgehead atoms. The minimum atomic E-state index is -1.08. The van der Waals surface area contributed by atoms with Crippen LogP contribution in [0.1, 0.15) is 10.4 Å². The van der Waals surface area contributed by atoms with Gasteiger partial charge < -0.3 is 14.9 Å². The molecule has 0 radical (unpaired) electrons. The van der Waals surface area contributed by atoms with Gasteiger partial charge in [-0.1, -0.05) is 18.2 Å². The highest BCUT2D eigenvalue weighted by molar-refractivity contribution is 5.90. The van der Waals surface area contributed by atoms with Crippen LogP contribution in [0.2, 0.25) is 0 Å². The van der Waals surface area contributed by atoms with E-state index in [0.29, 0.717) is 11.3 Å². The van der Waals surface area contributed by atoms with Gasteiger partial charge in [-0.3, -0.25) is 0 Å². The molecule has 2 aromatic carbocycles. The highest BCUT2D eigenvalue weighted by Crippen LogP contribution is 2.32. The summed E-state index contributed by atoms with van der Waals surface area (Å²) in [4.78, 5) is 10.9. The van der Waals surface area contributed by atoms with E-state index in [0.717, 1.165) is 5.56 Å². The van der Waals surface area contributed by atoms with E-state index in [4.69, 9.17) is 9.84 Å². The summed E-state index contributed by atoms with van der Waals surface area (Å²) >= 11 is 0. The lowest BCUT2D eigenvalue weighted by Crippen LogP contribution is -1.96. The van der Waals surface area contributed by atoms with Crippen molar-refractivity contribution in [3.63, 3.8) is 0 Å². The molecule has 0 aliphatic rings. The number of rotatable bonds is 3. The maximum absolute atomic E-state index is 10.9. The second-order valence-electron chi connectivity index (χ2n) is 3.77. The van der Waals surface area contributed by atoms with Crippen molar-refractivity contribution in [2.45, 2.75) is 0 Å². The number of carboxylic acid groups (broad SMARTS) is 1. The number of hydrogen-bond acceptors (Lipinski definition) is 3. The summed E-state index contributed by atoms with van der Waals surface area (Å²) in [7, 11) is 1.54. The summed E-state index contributed by atoms with van der Waals surface area (Å²) in [6, 6.07) is 11.4. The highest BCUT2D eigenvalue weighted by Gasteiger charge is 2.10. The Labute approximate surface area is 104 Å². The van der Waals surface area contributed by atoms with Gasteiger partial charge in [0.1, 0.15) is 11.5 Å². The van der Waals surface area contributed by atoms with Crippen molar-refractivity contribution in [1.82, 2.24) is 0 Å². The predicted octanol–water partition coefficient (Wildman–Crippen LogP) is 2.77. The minimum absolute atomic E-state index is 0.0379. The van der Waals surface area contributed by atoms with E-state index in [9.17, 15) is 9.90 Å². The van der Waals surface area contributed by atoms with Crippen molar-refractivity contribution in [1.29, 1.82) is 0 Å². The third-order valence-corrected chi connectivity index (χ3v) is 2.58. The largest absolute Gasteiger partial charge is 0.508 e. The summed E-state index contributed by atoms with van der Waals surface area (Å²) < 4.78 is 5.21. The number of carboxylic acids is 1. The Balaban J connectivity index is 2.60. The van der Waals surface area contributed by atoms with Crippen LogP contribution in [0.3, 0.4) is 0 Å². The Bertz CT molecular complexity index is 590. The lowest BCUT2D eigenvalue weighted by Gasteiger charge is -2.09. The van der Waals surface area contributed by atoms with Gasteiger partial charge in [0.05, 0.1) is 12.7 Å². The van der Waals surface area contributed by atoms with E-state index in [-0.39, 0.29) is 11.3 Å². The lowest BCUT2D eigenvalue weighted by molar-refractivity contribution is 0.0696. The second-order valence-corrected chi connectivity index (χ2v) is 3.77. The van der Waals surface area contributed by atoms with Crippen molar-refractivity contribution in [2.75, 3.05) is 7.11 Å². The van der Waals surface area contributed by atoms with Crippen LogP contribution >= 0.6 is 0 Å². The maximum Gasteiger partial charge on any atom is 0.335 e. The van der Waals surface area contributed by atoms with Crippen molar-refractivity contribution in [2.24, 2.45) is 0 Å². The molecular weight excluding hydrogens is 232 g/mol. The first-order valence-electron chi connectivity index (χ1n) is 5.32. The van der Waals surface area contributed by atoms with Gasteiger partial charge in [0, 0.05) is 5.56 Å². The number of carbonyl (C=O) groups is 1. The Hall–Kier alpha value is -2.49. The molecule has 18 heavy (non-hydrogen) atoms. The standard InChI is InChI=1S/C14H12O4/c1-18-13-5-3-2-4-12(13)9-6-10(14(16)17)8-11(15)7-9/h2-8,15H,1H3,(H,16,17). The summed E-state index contributed by atoms with van der Waals surface area (Å²) in [6.07, 6.45) is 0. The summed E-state index contributed by atoms with van der Waals surface area (Å²) in [6.45, 7) is 0. The molecule has 4 heteroatoms. The van der Waals surface area contributed by atoms with Crippen LogP contribution in [0.5, 0.6) is 11.5 Å². The molecule has 0 saturated carbocycles. The number of methoxy groups -OCH3 is 1. The molecule has 0 fully saturated rings. The molecular formula is C14H12O4. The van der Waals surface area contributed by atoms with Gasteiger partial charge >= 0.3 is 5.97 Å². The Morgan fingerprint density at radius 1 is 1.17 bits per heavy atom. The zero-order chi connectivity index (χ0) is 13.1. The minimum Gasteiger partial charge on any atom is -0.508 e. The normalized spacial score (nSPS) is 10.1. The average molecular weight is 244 g/mol. The second kappa shape index (κ2) is 4.79. The Morgan fingerprint density at radius 2 is 1.89 bits per heavy atom. The van der Waals surface area contributed by atoms with E-state index in [2.05, 4.69) is 0 Å². The van der Waals surface area contributed by atoms with Gasteiger partial charge in [-0.25, -0.2) is 4.79 Å². The highest BCUT2D eigenvalue weighted by atomic mass is 16.5. The topological polar surface area (TPSA) is 66.8 Å². The molecule has 2 rings (SSSR count).